The highest BCUT2D eigenvalue weighted by Crippen LogP contribution is 2.33. The highest BCUT2D eigenvalue weighted by atomic mass is 35.5. The van der Waals surface area contributed by atoms with Gasteiger partial charge >= 0.3 is 0 Å². The second-order valence-electron chi connectivity index (χ2n) is 4.79. The zero-order chi connectivity index (χ0) is 14.5. The second kappa shape index (κ2) is 6.83. The Hall–Kier alpha value is -1.43. The van der Waals surface area contributed by atoms with Crippen molar-refractivity contribution >= 4 is 17.3 Å². The summed E-state index contributed by atoms with van der Waals surface area (Å²) in [5.41, 5.74) is 0.885. The van der Waals surface area contributed by atoms with Crippen molar-refractivity contribution in [2.24, 2.45) is 0 Å². The van der Waals surface area contributed by atoms with Gasteiger partial charge in [-0.1, -0.05) is 17.7 Å². The molecule has 1 aromatic carbocycles. The van der Waals surface area contributed by atoms with E-state index >= 15 is 0 Å². The molecule has 1 saturated heterocycles. The summed E-state index contributed by atoms with van der Waals surface area (Å²) < 4.78 is 0. The van der Waals surface area contributed by atoms with Crippen LogP contribution in [0.2, 0.25) is 5.02 Å². The van der Waals surface area contributed by atoms with Crippen molar-refractivity contribution in [3.63, 3.8) is 0 Å². The summed E-state index contributed by atoms with van der Waals surface area (Å²) in [6.45, 7) is 7.42. The van der Waals surface area contributed by atoms with Crippen molar-refractivity contribution in [3.8, 4) is 0 Å². The first-order valence-electron chi connectivity index (χ1n) is 6.63. The highest BCUT2D eigenvalue weighted by Gasteiger charge is 2.24. The molecule has 6 heteroatoms. The molecular weight excluding hydrogens is 278 g/mol. The standard InChI is InChI=1S/C14H18ClN3O2/c1-2-3-14(17-8-6-16-7-9-17)12-10-11(18(19)20)4-5-13(12)15/h2,4-5,10,14,16H,1,3,6-9H2/t14-/m0/s1. The first kappa shape index (κ1) is 15.0. The fraction of sp³-hybridized carbons (Fsp3) is 0.429. The van der Waals surface area contributed by atoms with E-state index in [0.717, 1.165) is 38.2 Å². The van der Waals surface area contributed by atoms with E-state index in [1.165, 1.54) is 6.07 Å². The fourth-order valence-electron chi connectivity index (χ4n) is 2.52. The number of non-ortho nitro benzene ring substituents is 1. The van der Waals surface area contributed by atoms with E-state index in [2.05, 4.69) is 16.8 Å². The number of hydrogen-bond acceptors (Lipinski definition) is 4. The molecule has 108 valence electrons. The molecule has 1 N–H and O–H groups in total. The van der Waals surface area contributed by atoms with E-state index in [9.17, 15) is 10.1 Å². The van der Waals surface area contributed by atoms with Crippen LogP contribution >= 0.6 is 11.6 Å². The van der Waals surface area contributed by atoms with Gasteiger partial charge in [-0.25, -0.2) is 0 Å². The minimum absolute atomic E-state index is 0.0435. The molecule has 0 aliphatic carbocycles. The van der Waals surface area contributed by atoms with E-state index in [4.69, 9.17) is 11.6 Å². The Bertz CT molecular complexity index is 501. The Morgan fingerprint density at radius 1 is 1.50 bits per heavy atom. The van der Waals surface area contributed by atoms with Gasteiger partial charge in [0.15, 0.2) is 0 Å². The lowest BCUT2D eigenvalue weighted by molar-refractivity contribution is -0.385. The summed E-state index contributed by atoms with van der Waals surface area (Å²) in [5, 5.41) is 14.8. The number of nitro benzene ring substituents is 1. The lowest BCUT2D eigenvalue weighted by Gasteiger charge is -2.35. The Kier molecular flexibility index (Phi) is 5.11. The molecule has 20 heavy (non-hydrogen) atoms. The number of benzene rings is 1. The number of hydrogen-bond donors (Lipinski definition) is 1. The van der Waals surface area contributed by atoms with Crippen LogP contribution in [0.25, 0.3) is 0 Å². The summed E-state index contributed by atoms with van der Waals surface area (Å²) in [5.74, 6) is 0. The molecule has 5 nitrogen and oxygen atoms in total. The zero-order valence-corrected chi connectivity index (χ0v) is 12.0. The maximum atomic E-state index is 10.9. The number of nitrogens with one attached hydrogen (secondary N) is 1. The van der Waals surface area contributed by atoms with Gasteiger partial charge in [0.2, 0.25) is 0 Å². The molecule has 1 fully saturated rings. The van der Waals surface area contributed by atoms with E-state index in [0.29, 0.717) is 5.02 Å². The van der Waals surface area contributed by atoms with Crippen LogP contribution < -0.4 is 5.32 Å². The van der Waals surface area contributed by atoms with Crippen LogP contribution in [0.1, 0.15) is 18.0 Å². The van der Waals surface area contributed by atoms with Crippen molar-refractivity contribution in [1.29, 1.82) is 0 Å². The normalized spacial score (nSPS) is 17.6. The summed E-state index contributed by atoms with van der Waals surface area (Å²) in [6, 6.07) is 4.67. The maximum absolute atomic E-state index is 10.9. The Morgan fingerprint density at radius 3 is 2.80 bits per heavy atom. The molecule has 1 aliphatic rings. The van der Waals surface area contributed by atoms with Gasteiger partial charge in [-0.15, -0.1) is 6.58 Å². The average Bonchev–Trinajstić information content (AvgIpc) is 2.46. The van der Waals surface area contributed by atoms with Crippen molar-refractivity contribution in [3.05, 3.63) is 51.6 Å². The number of halogens is 1. The monoisotopic (exact) mass is 295 g/mol. The van der Waals surface area contributed by atoms with Gasteiger partial charge in [-0.05, 0) is 18.1 Å². The largest absolute Gasteiger partial charge is 0.314 e. The van der Waals surface area contributed by atoms with Crippen LogP contribution in [0.4, 0.5) is 5.69 Å². The molecular formula is C14H18ClN3O2. The van der Waals surface area contributed by atoms with Crippen LogP contribution in [0.15, 0.2) is 30.9 Å². The molecule has 0 aromatic heterocycles. The Balaban J connectivity index is 2.34. The van der Waals surface area contributed by atoms with Gasteiger partial charge in [-0.2, -0.15) is 0 Å². The van der Waals surface area contributed by atoms with Crippen LogP contribution in [0, 0.1) is 10.1 Å². The molecule has 1 heterocycles. The van der Waals surface area contributed by atoms with Crippen molar-refractivity contribution in [2.45, 2.75) is 12.5 Å². The van der Waals surface area contributed by atoms with Crippen LogP contribution in [0.5, 0.6) is 0 Å². The third-order valence-corrected chi connectivity index (χ3v) is 3.88. The van der Waals surface area contributed by atoms with E-state index in [-0.39, 0.29) is 16.7 Å². The Labute approximate surface area is 123 Å². The fourth-order valence-corrected chi connectivity index (χ4v) is 2.77. The van der Waals surface area contributed by atoms with Gasteiger partial charge in [0, 0.05) is 49.4 Å². The number of rotatable bonds is 5. The first-order chi connectivity index (χ1) is 9.63. The topological polar surface area (TPSA) is 58.4 Å². The van der Waals surface area contributed by atoms with Crippen molar-refractivity contribution in [1.82, 2.24) is 10.2 Å². The minimum Gasteiger partial charge on any atom is -0.314 e. The molecule has 0 saturated carbocycles. The van der Waals surface area contributed by atoms with Gasteiger partial charge < -0.3 is 5.32 Å². The van der Waals surface area contributed by atoms with Gasteiger partial charge in [0.05, 0.1) is 4.92 Å². The molecule has 0 bridgehead atoms. The van der Waals surface area contributed by atoms with E-state index in [1.807, 2.05) is 6.08 Å². The summed E-state index contributed by atoms with van der Waals surface area (Å²) >= 11 is 6.25. The van der Waals surface area contributed by atoms with Gasteiger partial charge in [-0.3, -0.25) is 15.0 Å². The van der Waals surface area contributed by atoms with E-state index < -0.39 is 0 Å². The van der Waals surface area contributed by atoms with Crippen LogP contribution in [0.3, 0.4) is 0 Å². The SMILES string of the molecule is C=CC[C@@H](c1cc([N+](=O)[O-])ccc1Cl)N1CCNCC1. The average molecular weight is 296 g/mol. The summed E-state index contributed by atoms with van der Waals surface area (Å²) in [4.78, 5) is 12.8. The Morgan fingerprint density at radius 2 is 2.20 bits per heavy atom. The zero-order valence-electron chi connectivity index (χ0n) is 11.2. The number of piperazine rings is 1. The lowest BCUT2D eigenvalue weighted by atomic mass is 10.0. The molecule has 0 unspecified atom stereocenters. The molecule has 1 aromatic rings. The summed E-state index contributed by atoms with van der Waals surface area (Å²) in [7, 11) is 0. The van der Waals surface area contributed by atoms with Gasteiger partial charge in [0.25, 0.3) is 5.69 Å². The highest BCUT2D eigenvalue weighted by molar-refractivity contribution is 6.31. The predicted molar refractivity (Wildman–Crippen MR) is 80.1 cm³/mol. The molecule has 0 amide bonds. The van der Waals surface area contributed by atoms with Crippen molar-refractivity contribution in [2.75, 3.05) is 26.2 Å². The maximum Gasteiger partial charge on any atom is 0.269 e. The van der Waals surface area contributed by atoms with Crippen molar-refractivity contribution < 1.29 is 4.92 Å². The molecule has 1 atom stereocenters. The number of nitrogens with zero attached hydrogens (tertiary/aromatic N) is 2. The van der Waals surface area contributed by atoms with Crippen LogP contribution in [-0.2, 0) is 0 Å². The van der Waals surface area contributed by atoms with Crippen LogP contribution in [-0.4, -0.2) is 36.0 Å². The van der Waals surface area contributed by atoms with E-state index in [1.54, 1.807) is 12.1 Å². The third kappa shape index (κ3) is 3.36. The lowest BCUT2D eigenvalue weighted by Crippen LogP contribution is -2.45. The molecule has 0 radical (unpaired) electrons. The molecule has 2 rings (SSSR count). The quantitative estimate of drug-likeness (QED) is 0.515. The smallest absolute Gasteiger partial charge is 0.269 e. The second-order valence-corrected chi connectivity index (χ2v) is 5.20. The predicted octanol–water partition coefficient (Wildman–Crippen LogP) is 2.77. The molecule has 0 spiro atoms. The summed E-state index contributed by atoms with van der Waals surface area (Å²) in [6.07, 6.45) is 2.56. The third-order valence-electron chi connectivity index (χ3n) is 3.53. The number of nitro groups is 1. The minimum atomic E-state index is -0.386. The molecule has 1 aliphatic heterocycles. The van der Waals surface area contributed by atoms with Gasteiger partial charge in [0.1, 0.15) is 0 Å². The first-order valence-corrected chi connectivity index (χ1v) is 7.00.